The van der Waals surface area contributed by atoms with Crippen LogP contribution in [-0.4, -0.2) is 43.6 Å². The van der Waals surface area contributed by atoms with Gasteiger partial charge in [-0.1, -0.05) is 18.8 Å². The van der Waals surface area contributed by atoms with Gasteiger partial charge >= 0.3 is 0 Å². The van der Waals surface area contributed by atoms with Gasteiger partial charge in [-0.15, -0.1) is 47.0 Å². The molecular formula is C11H17NOS5. The normalized spacial score (nSPS) is 16.3. The molecule has 0 aromatic carbocycles. The monoisotopic (exact) mass is 339 g/mol. The zero-order valence-electron chi connectivity index (χ0n) is 10.3. The molecule has 1 fully saturated rings. The number of carbonyl (C=O) groups is 1. The number of carbonyl (C=O) groups excluding carboxylic acids is 1. The minimum Gasteiger partial charge on any atom is -0.352 e. The fourth-order valence-electron chi connectivity index (χ4n) is 1.15. The van der Waals surface area contributed by atoms with E-state index in [9.17, 15) is 4.79 Å². The van der Waals surface area contributed by atoms with Crippen LogP contribution in [0.3, 0.4) is 0 Å². The minimum atomic E-state index is -0.0748. The highest BCUT2D eigenvalue weighted by atomic mass is 32.2. The quantitative estimate of drug-likeness (QED) is 0.470. The number of hydrogen-bond acceptors (Lipinski definition) is 6. The van der Waals surface area contributed by atoms with Gasteiger partial charge in [-0.2, -0.15) is 0 Å². The van der Waals surface area contributed by atoms with Gasteiger partial charge in [0.05, 0.1) is 0 Å². The van der Waals surface area contributed by atoms with Gasteiger partial charge in [-0.25, -0.2) is 0 Å². The number of hydrogen-bond donors (Lipinski definition) is 1. The van der Waals surface area contributed by atoms with E-state index in [0.29, 0.717) is 17.4 Å². The Labute approximate surface area is 131 Å². The first kappa shape index (κ1) is 16.8. The lowest BCUT2D eigenvalue weighted by Gasteiger charge is -2.20. The molecule has 1 saturated heterocycles. The maximum atomic E-state index is 11.2. The Balaban J connectivity index is 2.06. The molecule has 0 atom stereocenters. The predicted octanol–water partition coefficient (Wildman–Crippen LogP) is 3.24. The summed E-state index contributed by atoms with van der Waals surface area (Å²) in [5.41, 5.74) is 0.549. The summed E-state index contributed by atoms with van der Waals surface area (Å²) >= 11 is 12.8. The van der Waals surface area contributed by atoms with Crippen molar-refractivity contribution in [2.75, 3.05) is 28.9 Å². The summed E-state index contributed by atoms with van der Waals surface area (Å²) in [5, 5.41) is 4.67. The fourth-order valence-corrected chi connectivity index (χ4v) is 6.66. The van der Waals surface area contributed by atoms with E-state index in [1.54, 1.807) is 18.7 Å². The van der Waals surface area contributed by atoms with Gasteiger partial charge in [0.2, 0.25) is 5.91 Å². The molecule has 0 aromatic rings. The third-order valence-corrected chi connectivity index (χ3v) is 7.85. The highest BCUT2D eigenvalue weighted by molar-refractivity contribution is 8.47. The van der Waals surface area contributed by atoms with Crippen LogP contribution in [0.2, 0.25) is 0 Å². The standard InChI is InChI=1S/C11H17NOS5/c1-8(2)10(13)12-3-4-17-11(14)18-9-5-15-7-16-6-9/h9H,1,3-7H2,2H3,(H,12,13). The van der Waals surface area contributed by atoms with Crippen LogP contribution < -0.4 is 5.32 Å². The molecule has 0 radical (unpaired) electrons. The molecule has 0 unspecified atom stereocenters. The molecule has 0 aromatic heterocycles. The summed E-state index contributed by atoms with van der Waals surface area (Å²) in [4.78, 5) is 11.2. The molecule has 1 rings (SSSR count). The smallest absolute Gasteiger partial charge is 0.246 e. The van der Waals surface area contributed by atoms with Gasteiger partial charge in [0.25, 0.3) is 0 Å². The highest BCUT2D eigenvalue weighted by Crippen LogP contribution is 2.32. The maximum Gasteiger partial charge on any atom is 0.246 e. The lowest BCUT2D eigenvalue weighted by molar-refractivity contribution is -0.117. The van der Waals surface area contributed by atoms with Gasteiger partial charge in [0, 0.05) is 39.7 Å². The first-order valence-electron chi connectivity index (χ1n) is 5.52. The predicted molar refractivity (Wildman–Crippen MR) is 94.0 cm³/mol. The Morgan fingerprint density at radius 3 is 2.78 bits per heavy atom. The molecule has 1 aliphatic heterocycles. The van der Waals surface area contributed by atoms with E-state index in [1.165, 1.54) is 16.6 Å². The van der Waals surface area contributed by atoms with Crippen LogP contribution in [0.5, 0.6) is 0 Å². The van der Waals surface area contributed by atoms with Crippen LogP contribution in [0.4, 0.5) is 0 Å². The summed E-state index contributed by atoms with van der Waals surface area (Å²) < 4.78 is 0.993. The van der Waals surface area contributed by atoms with Gasteiger partial charge in [-0.05, 0) is 6.92 Å². The topological polar surface area (TPSA) is 29.1 Å². The Morgan fingerprint density at radius 1 is 1.50 bits per heavy atom. The highest BCUT2D eigenvalue weighted by Gasteiger charge is 2.16. The molecule has 1 amide bonds. The second-order valence-electron chi connectivity index (χ2n) is 3.73. The van der Waals surface area contributed by atoms with Crippen LogP contribution in [-0.2, 0) is 4.79 Å². The SMILES string of the molecule is C=C(C)C(=O)NCCSC(=S)SC1CSCSC1. The van der Waals surface area contributed by atoms with Crippen molar-refractivity contribution in [2.45, 2.75) is 12.2 Å². The maximum absolute atomic E-state index is 11.2. The summed E-state index contributed by atoms with van der Waals surface area (Å²) in [7, 11) is 0. The number of rotatable bonds is 5. The van der Waals surface area contributed by atoms with Crippen LogP contribution in [0.25, 0.3) is 0 Å². The second kappa shape index (κ2) is 9.58. The van der Waals surface area contributed by atoms with Crippen molar-refractivity contribution in [3.05, 3.63) is 12.2 Å². The number of amides is 1. The molecule has 7 heteroatoms. The van der Waals surface area contributed by atoms with Crippen LogP contribution in [0.15, 0.2) is 12.2 Å². The average molecular weight is 340 g/mol. The van der Waals surface area contributed by atoms with Crippen molar-refractivity contribution >= 4 is 68.7 Å². The van der Waals surface area contributed by atoms with E-state index in [0.717, 1.165) is 9.28 Å². The second-order valence-corrected chi connectivity index (χ2v) is 9.76. The zero-order valence-corrected chi connectivity index (χ0v) is 14.4. The van der Waals surface area contributed by atoms with Crippen molar-refractivity contribution in [1.82, 2.24) is 5.32 Å². The van der Waals surface area contributed by atoms with Crippen molar-refractivity contribution < 1.29 is 4.79 Å². The summed E-state index contributed by atoms with van der Waals surface area (Å²) in [6.07, 6.45) is 0. The van der Waals surface area contributed by atoms with Gasteiger partial charge < -0.3 is 5.32 Å². The molecule has 1 N–H and O–H groups in total. The third-order valence-electron chi connectivity index (χ3n) is 2.03. The first-order valence-corrected chi connectivity index (χ1v) is 10.1. The summed E-state index contributed by atoms with van der Waals surface area (Å²) in [5.74, 6) is 3.15. The largest absolute Gasteiger partial charge is 0.352 e. The Kier molecular flexibility index (Phi) is 8.92. The van der Waals surface area contributed by atoms with E-state index >= 15 is 0 Å². The molecule has 18 heavy (non-hydrogen) atoms. The number of nitrogens with one attached hydrogen (secondary N) is 1. The van der Waals surface area contributed by atoms with Crippen LogP contribution in [0.1, 0.15) is 6.92 Å². The van der Waals surface area contributed by atoms with E-state index in [1.807, 2.05) is 35.3 Å². The van der Waals surface area contributed by atoms with Gasteiger partial charge in [-0.3, -0.25) is 4.79 Å². The minimum absolute atomic E-state index is 0.0748. The molecule has 102 valence electrons. The van der Waals surface area contributed by atoms with Gasteiger partial charge in [0.15, 0.2) is 0 Å². The molecule has 2 nitrogen and oxygen atoms in total. The molecular weight excluding hydrogens is 322 g/mol. The van der Waals surface area contributed by atoms with Crippen LogP contribution in [0, 0.1) is 0 Å². The van der Waals surface area contributed by atoms with E-state index in [-0.39, 0.29) is 5.91 Å². The number of thiocarbonyl (C=S) groups is 1. The Hall–Kier alpha value is 0.700. The molecule has 1 heterocycles. The fraction of sp³-hybridized carbons (Fsp3) is 0.636. The summed E-state index contributed by atoms with van der Waals surface area (Å²) in [6, 6.07) is 0. The lowest BCUT2D eigenvalue weighted by Crippen LogP contribution is -2.26. The van der Waals surface area contributed by atoms with Gasteiger partial charge in [0.1, 0.15) is 3.53 Å². The molecule has 1 aliphatic rings. The summed E-state index contributed by atoms with van der Waals surface area (Å²) in [6.45, 7) is 5.95. The molecule has 0 aliphatic carbocycles. The molecule has 0 saturated carbocycles. The van der Waals surface area contributed by atoms with E-state index in [2.05, 4.69) is 11.9 Å². The zero-order chi connectivity index (χ0) is 13.4. The third kappa shape index (κ3) is 7.33. The number of thioether (sulfide) groups is 4. The Morgan fingerprint density at radius 2 is 2.17 bits per heavy atom. The van der Waals surface area contributed by atoms with Crippen molar-refractivity contribution in [3.8, 4) is 0 Å². The Bertz CT molecular complexity index is 315. The molecule has 0 spiro atoms. The van der Waals surface area contributed by atoms with Crippen molar-refractivity contribution in [2.24, 2.45) is 0 Å². The molecule has 0 bridgehead atoms. The first-order chi connectivity index (χ1) is 8.59. The van der Waals surface area contributed by atoms with Crippen LogP contribution >= 0.6 is 59.3 Å². The van der Waals surface area contributed by atoms with Crippen molar-refractivity contribution in [3.63, 3.8) is 0 Å². The van der Waals surface area contributed by atoms with E-state index < -0.39 is 0 Å². The van der Waals surface area contributed by atoms with E-state index in [4.69, 9.17) is 12.2 Å². The lowest BCUT2D eigenvalue weighted by atomic mass is 10.3. The average Bonchev–Trinajstić information content (AvgIpc) is 2.35. The van der Waals surface area contributed by atoms with Crippen molar-refractivity contribution in [1.29, 1.82) is 0 Å².